The summed E-state index contributed by atoms with van der Waals surface area (Å²) in [4.78, 5) is 12.0. The van der Waals surface area contributed by atoms with Crippen molar-refractivity contribution in [2.75, 3.05) is 6.54 Å². The van der Waals surface area contributed by atoms with Crippen molar-refractivity contribution in [1.29, 1.82) is 0 Å². The molecule has 0 aliphatic heterocycles. The molecule has 20 heavy (non-hydrogen) atoms. The molecule has 1 saturated carbocycles. The average molecular weight is 277 g/mol. The number of hydrogen-bond donors (Lipinski definition) is 3. The van der Waals surface area contributed by atoms with E-state index in [9.17, 15) is 15.0 Å². The zero-order chi connectivity index (χ0) is 14.8. The Morgan fingerprint density at radius 2 is 1.70 bits per heavy atom. The molecule has 110 valence electrons. The molecule has 1 aromatic rings. The first-order valence-electron chi connectivity index (χ1n) is 7.09. The molecule has 1 aliphatic rings. The lowest BCUT2D eigenvalue weighted by atomic mass is 9.71. The molecule has 4 nitrogen and oxygen atoms in total. The van der Waals surface area contributed by atoms with Gasteiger partial charge in [0.05, 0.1) is 5.60 Å². The van der Waals surface area contributed by atoms with Gasteiger partial charge in [-0.15, -0.1) is 0 Å². The Bertz CT molecular complexity index is 469. The van der Waals surface area contributed by atoms with Crippen LogP contribution in [0.1, 0.15) is 49.9 Å². The molecule has 1 aromatic carbocycles. The van der Waals surface area contributed by atoms with Gasteiger partial charge in [-0.05, 0) is 55.4 Å². The molecule has 1 amide bonds. The second-order valence-electron chi connectivity index (χ2n) is 6.62. The lowest BCUT2D eigenvalue weighted by Gasteiger charge is -2.40. The minimum atomic E-state index is -0.790. The minimum Gasteiger partial charge on any atom is -0.508 e. The summed E-state index contributed by atoms with van der Waals surface area (Å²) in [6.07, 6.45) is 3.38. The number of nitrogens with one attached hydrogen (secondary N) is 1. The third kappa shape index (κ3) is 3.73. The van der Waals surface area contributed by atoms with Gasteiger partial charge < -0.3 is 15.5 Å². The highest BCUT2D eigenvalue weighted by molar-refractivity contribution is 5.94. The number of phenolic OH excluding ortho intramolecular Hbond substituents is 1. The van der Waals surface area contributed by atoms with Gasteiger partial charge in [0.1, 0.15) is 5.75 Å². The second kappa shape index (κ2) is 5.44. The first-order valence-corrected chi connectivity index (χ1v) is 7.09. The van der Waals surface area contributed by atoms with Crippen molar-refractivity contribution in [2.24, 2.45) is 5.41 Å². The lowest BCUT2D eigenvalue weighted by molar-refractivity contribution is -0.0233. The van der Waals surface area contributed by atoms with Crippen LogP contribution in [0.15, 0.2) is 24.3 Å². The predicted octanol–water partition coefficient (Wildman–Crippen LogP) is 2.45. The van der Waals surface area contributed by atoms with Gasteiger partial charge in [0.25, 0.3) is 5.91 Å². The molecule has 1 fully saturated rings. The predicted molar refractivity (Wildman–Crippen MR) is 77.6 cm³/mol. The van der Waals surface area contributed by atoms with E-state index in [2.05, 4.69) is 19.2 Å². The summed E-state index contributed by atoms with van der Waals surface area (Å²) in [6, 6.07) is 6.09. The van der Waals surface area contributed by atoms with E-state index >= 15 is 0 Å². The van der Waals surface area contributed by atoms with Crippen molar-refractivity contribution in [3.63, 3.8) is 0 Å². The fraction of sp³-hybridized carbons (Fsp3) is 0.562. The van der Waals surface area contributed by atoms with Crippen LogP contribution in [0.3, 0.4) is 0 Å². The number of benzene rings is 1. The summed E-state index contributed by atoms with van der Waals surface area (Å²) in [7, 11) is 0. The van der Waals surface area contributed by atoms with Crippen LogP contribution in [0.2, 0.25) is 0 Å². The molecule has 2 rings (SSSR count). The van der Waals surface area contributed by atoms with E-state index in [0.717, 1.165) is 25.7 Å². The Hall–Kier alpha value is -1.55. The zero-order valence-electron chi connectivity index (χ0n) is 12.1. The maximum absolute atomic E-state index is 12.0. The number of rotatable bonds is 3. The number of hydrogen-bond acceptors (Lipinski definition) is 3. The van der Waals surface area contributed by atoms with Crippen molar-refractivity contribution < 1.29 is 15.0 Å². The average Bonchev–Trinajstić information content (AvgIpc) is 2.41. The quantitative estimate of drug-likeness (QED) is 0.795. The third-order valence-electron chi connectivity index (χ3n) is 4.24. The number of aromatic hydroxyl groups is 1. The molecular weight excluding hydrogens is 254 g/mol. The zero-order valence-corrected chi connectivity index (χ0v) is 12.1. The Morgan fingerprint density at radius 3 is 2.25 bits per heavy atom. The fourth-order valence-corrected chi connectivity index (χ4v) is 2.53. The lowest BCUT2D eigenvalue weighted by Crippen LogP contribution is -2.46. The SMILES string of the molecule is CC1(C)CCC(O)(CNC(=O)c2ccc(O)cc2)CC1. The molecule has 0 bridgehead atoms. The number of carbonyl (C=O) groups is 1. The van der Waals surface area contributed by atoms with E-state index in [1.807, 2.05) is 0 Å². The van der Waals surface area contributed by atoms with Crippen LogP contribution < -0.4 is 5.32 Å². The Kier molecular flexibility index (Phi) is 4.04. The summed E-state index contributed by atoms with van der Waals surface area (Å²) in [5.41, 5.74) is -0.0162. The van der Waals surface area contributed by atoms with Gasteiger partial charge in [-0.3, -0.25) is 4.79 Å². The molecule has 1 aliphatic carbocycles. The van der Waals surface area contributed by atoms with E-state index in [4.69, 9.17) is 0 Å². The summed E-state index contributed by atoms with van der Waals surface area (Å²) >= 11 is 0. The highest BCUT2D eigenvalue weighted by Crippen LogP contribution is 2.39. The minimum absolute atomic E-state index is 0.134. The molecule has 0 heterocycles. The summed E-state index contributed by atoms with van der Waals surface area (Å²) in [5, 5.41) is 22.5. The van der Waals surface area contributed by atoms with E-state index in [1.165, 1.54) is 12.1 Å². The number of aliphatic hydroxyl groups is 1. The van der Waals surface area contributed by atoms with Crippen LogP contribution in [-0.4, -0.2) is 28.3 Å². The number of amides is 1. The Labute approximate surface area is 119 Å². The third-order valence-corrected chi connectivity index (χ3v) is 4.24. The van der Waals surface area contributed by atoms with E-state index < -0.39 is 5.60 Å². The molecule has 3 N–H and O–H groups in total. The maximum Gasteiger partial charge on any atom is 0.251 e. The smallest absolute Gasteiger partial charge is 0.251 e. The highest BCUT2D eigenvalue weighted by Gasteiger charge is 2.36. The molecule has 0 atom stereocenters. The van der Waals surface area contributed by atoms with Crippen LogP contribution in [0.25, 0.3) is 0 Å². The van der Waals surface area contributed by atoms with Crippen LogP contribution in [0, 0.1) is 5.41 Å². The number of carbonyl (C=O) groups excluding carboxylic acids is 1. The van der Waals surface area contributed by atoms with E-state index in [0.29, 0.717) is 5.56 Å². The van der Waals surface area contributed by atoms with E-state index in [1.54, 1.807) is 12.1 Å². The molecule has 0 unspecified atom stereocenters. The Morgan fingerprint density at radius 1 is 1.15 bits per heavy atom. The molecule has 0 saturated heterocycles. The topological polar surface area (TPSA) is 69.6 Å². The van der Waals surface area contributed by atoms with Gasteiger partial charge in [0.15, 0.2) is 0 Å². The van der Waals surface area contributed by atoms with Gasteiger partial charge in [0.2, 0.25) is 0 Å². The molecular formula is C16H23NO3. The largest absolute Gasteiger partial charge is 0.508 e. The maximum atomic E-state index is 12.0. The normalized spacial score (nSPS) is 20.4. The van der Waals surface area contributed by atoms with Crippen LogP contribution in [-0.2, 0) is 0 Å². The van der Waals surface area contributed by atoms with Gasteiger partial charge in [0, 0.05) is 12.1 Å². The van der Waals surface area contributed by atoms with Crippen LogP contribution in [0.5, 0.6) is 5.75 Å². The van der Waals surface area contributed by atoms with E-state index in [-0.39, 0.29) is 23.6 Å². The standard InChI is InChI=1S/C16H23NO3/c1-15(2)7-9-16(20,10-8-15)11-17-14(19)12-3-5-13(18)6-4-12/h3-6,18,20H,7-11H2,1-2H3,(H,17,19). The monoisotopic (exact) mass is 277 g/mol. The molecule has 0 radical (unpaired) electrons. The second-order valence-corrected chi connectivity index (χ2v) is 6.62. The summed E-state index contributed by atoms with van der Waals surface area (Å²) in [6.45, 7) is 4.70. The van der Waals surface area contributed by atoms with Crippen molar-refractivity contribution in [1.82, 2.24) is 5.32 Å². The van der Waals surface area contributed by atoms with Crippen LogP contribution in [0.4, 0.5) is 0 Å². The van der Waals surface area contributed by atoms with Crippen molar-refractivity contribution in [3.8, 4) is 5.75 Å². The first-order chi connectivity index (χ1) is 9.30. The van der Waals surface area contributed by atoms with Gasteiger partial charge in [-0.1, -0.05) is 13.8 Å². The van der Waals surface area contributed by atoms with Crippen molar-refractivity contribution in [3.05, 3.63) is 29.8 Å². The van der Waals surface area contributed by atoms with Gasteiger partial charge in [-0.2, -0.15) is 0 Å². The summed E-state index contributed by atoms with van der Waals surface area (Å²) in [5.74, 6) is -0.0852. The fourth-order valence-electron chi connectivity index (χ4n) is 2.53. The van der Waals surface area contributed by atoms with Crippen LogP contribution >= 0.6 is 0 Å². The van der Waals surface area contributed by atoms with Gasteiger partial charge >= 0.3 is 0 Å². The van der Waals surface area contributed by atoms with Gasteiger partial charge in [-0.25, -0.2) is 0 Å². The molecule has 4 heteroatoms. The molecule has 0 aromatic heterocycles. The Balaban J connectivity index is 1.89. The van der Waals surface area contributed by atoms with Crippen molar-refractivity contribution >= 4 is 5.91 Å². The summed E-state index contributed by atoms with van der Waals surface area (Å²) < 4.78 is 0. The van der Waals surface area contributed by atoms with Crippen molar-refractivity contribution in [2.45, 2.75) is 45.1 Å². The first kappa shape index (κ1) is 14.9. The molecule has 0 spiro atoms. The number of phenols is 1. The highest BCUT2D eigenvalue weighted by atomic mass is 16.3.